The molecule has 1 aromatic carbocycles. The van der Waals surface area contributed by atoms with Crippen molar-refractivity contribution in [3.63, 3.8) is 0 Å². The van der Waals surface area contributed by atoms with Gasteiger partial charge >= 0.3 is 0 Å². The molecule has 0 heterocycles. The standard InChI is InChI=1S/C28H37N5O8/c1-6-30-11-17(34)31-10-13-9-16(32(2)3)14-7-12-8-15-21(33(4)5)24(37)20(27(29)40)26(39)28(15,41)25(38)18(12)23(36)19(14)22(13)35/h9,12,15,18,20-21,30,35,41H,6-8,10-11H2,1-5H3,(H2,29,40)(H,31,34)/t12-,15-,18?,20?,21?,28-/m0/s1. The van der Waals surface area contributed by atoms with Gasteiger partial charge in [-0.1, -0.05) is 6.92 Å². The van der Waals surface area contributed by atoms with E-state index in [0.29, 0.717) is 17.8 Å². The number of benzene rings is 1. The Labute approximate surface area is 237 Å². The van der Waals surface area contributed by atoms with E-state index in [1.165, 1.54) is 19.0 Å². The molecule has 13 nitrogen and oxygen atoms in total. The van der Waals surface area contributed by atoms with E-state index < -0.39 is 70.1 Å². The number of nitrogens with zero attached hydrogens (tertiary/aromatic N) is 2. The molecule has 222 valence electrons. The van der Waals surface area contributed by atoms with Gasteiger partial charge in [-0.15, -0.1) is 0 Å². The maximum atomic E-state index is 14.0. The van der Waals surface area contributed by atoms with Crippen molar-refractivity contribution < 1.29 is 39.0 Å². The van der Waals surface area contributed by atoms with Crippen LogP contribution in [0.4, 0.5) is 5.69 Å². The molecule has 0 saturated heterocycles. The number of hydrogen-bond acceptors (Lipinski definition) is 11. The van der Waals surface area contributed by atoms with Gasteiger partial charge in [0.2, 0.25) is 11.8 Å². The number of hydrogen-bond donors (Lipinski definition) is 5. The van der Waals surface area contributed by atoms with Gasteiger partial charge in [0.15, 0.2) is 34.7 Å². The number of nitrogens with one attached hydrogen (secondary N) is 2. The fourth-order valence-corrected chi connectivity index (χ4v) is 6.74. The Bertz CT molecular complexity index is 1340. The molecule has 0 bridgehead atoms. The number of primary amides is 1. The van der Waals surface area contributed by atoms with Crippen molar-refractivity contribution in [1.82, 2.24) is 15.5 Å². The number of phenols is 1. The summed E-state index contributed by atoms with van der Waals surface area (Å²) in [6, 6.07) is 0.510. The third-order valence-electron chi connectivity index (χ3n) is 8.61. The smallest absolute Gasteiger partial charge is 0.235 e. The Morgan fingerprint density at radius 3 is 2.34 bits per heavy atom. The predicted octanol–water partition coefficient (Wildman–Crippen LogP) is -1.84. The van der Waals surface area contributed by atoms with Gasteiger partial charge < -0.3 is 31.5 Å². The van der Waals surface area contributed by atoms with Gasteiger partial charge in [0, 0.05) is 37.8 Å². The predicted molar refractivity (Wildman–Crippen MR) is 146 cm³/mol. The van der Waals surface area contributed by atoms with Crippen LogP contribution in [0.2, 0.25) is 0 Å². The second kappa shape index (κ2) is 11.0. The molecule has 2 saturated carbocycles. The number of fused-ring (bicyclic) bond motifs is 3. The summed E-state index contributed by atoms with van der Waals surface area (Å²) in [4.78, 5) is 82.1. The lowest BCUT2D eigenvalue weighted by atomic mass is 9.52. The Kier molecular flexibility index (Phi) is 8.09. The molecule has 41 heavy (non-hydrogen) atoms. The Morgan fingerprint density at radius 2 is 1.78 bits per heavy atom. The Balaban J connectivity index is 1.80. The van der Waals surface area contributed by atoms with Crippen LogP contribution < -0.4 is 21.3 Å². The van der Waals surface area contributed by atoms with E-state index in [0.717, 1.165) is 0 Å². The van der Waals surface area contributed by atoms with Gasteiger partial charge in [-0.05, 0) is 51.0 Å². The van der Waals surface area contributed by atoms with Gasteiger partial charge in [-0.25, -0.2) is 0 Å². The number of rotatable bonds is 8. The highest BCUT2D eigenvalue weighted by Crippen LogP contribution is 2.52. The molecule has 6 atom stereocenters. The summed E-state index contributed by atoms with van der Waals surface area (Å²) in [5.74, 6) is -11.3. The average Bonchev–Trinajstić information content (AvgIpc) is 2.88. The first-order chi connectivity index (χ1) is 19.2. The van der Waals surface area contributed by atoms with Crippen LogP contribution in [-0.4, -0.2) is 103 Å². The number of nitrogens with two attached hydrogens (primary N) is 1. The van der Waals surface area contributed by atoms with Crippen molar-refractivity contribution in [2.75, 3.05) is 46.2 Å². The molecule has 0 radical (unpaired) electrons. The molecule has 0 aliphatic heterocycles. The van der Waals surface area contributed by atoms with Crippen molar-refractivity contribution in [2.45, 2.75) is 38.0 Å². The monoisotopic (exact) mass is 571 g/mol. The van der Waals surface area contributed by atoms with Crippen LogP contribution in [0, 0.1) is 23.7 Å². The zero-order valence-corrected chi connectivity index (χ0v) is 23.8. The molecular formula is C28H37N5O8. The van der Waals surface area contributed by atoms with E-state index in [9.17, 15) is 39.0 Å². The first-order valence-corrected chi connectivity index (χ1v) is 13.5. The van der Waals surface area contributed by atoms with Crippen LogP contribution >= 0.6 is 0 Å². The van der Waals surface area contributed by atoms with Crippen LogP contribution in [0.5, 0.6) is 5.75 Å². The lowest BCUT2D eigenvalue weighted by molar-refractivity contribution is -0.181. The number of anilines is 1. The summed E-state index contributed by atoms with van der Waals surface area (Å²) < 4.78 is 0. The van der Waals surface area contributed by atoms with E-state index >= 15 is 0 Å². The third kappa shape index (κ3) is 4.71. The minimum absolute atomic E-state index is 0.0280. The second-order valence-electron chi connectivity index (χ2n) is 11.5. The minimum Gasteiger partial charge on any atom is -0.507 e. The topological polar surface area (TPSA) is 199 Å². The minimum atomic E-state index is -2.78. The molecule has 2 amide bonds. The molecule has 4 rings (SSSR count). The quantitative estimate of drug-likeness (QED) is 0.220. The third-order valence-corrected chi connectivity index (χ3v) is 8.61. The molecule has 0 aromatic heterocycles. The largest absolute Gasteiger partial charge is 0.507 e. The highest BCUT2D eigenvalue weighted by molar-refractivity contribution is 6.32. The van der Waals surface area contributed by atoms with Gasteiger partial charge in [0.25, 0.3) is 0 Å². The molecule has 13 heteroatoms. The first-order valence-electron chi connectivity index (χ1n) is 13.5. The summed E-state index contributed by atoms with van der Waals surface area (Å²) in [5.41, 5.74) is 3.81. The molecular weight excluding hydrogens is 534 g/mol. The second-order valence-corrected chi connectivity index (χ2v) is 11.5. The van der Waals surface area contributed by atoms with Crippen LogP contribution in [0.25, 0.3) is 0 Å². The first kappa shape index (κ1) is 30.3. The van der Waals surface area contributed by atoms with E-state index in [4.69, 9.17) is 5.73 Å². The average molecular weight is 572 g/mol. The van der Waals surface area contributed by atoms with Crippen LogP contribution in [0.1, 0.15) is 34.8 Å². The fraction of sp³-hybridized carbons (Fsp3) is 0.571. The number of aromatic hydroxyl groups is 1. The number of carbonyl (C=O) groups excluding carboxylic acids is 6. The van der Waals surface area contributed by atoms with Crippen LogP contribution in [-0.2, 0) is 36.9 Å². The zero-order chi connectivity index (χ0) is 30.5. The molecule has 1 aromatic rings. The van der Waals surface area contributed by atoms with Crippen molar-refractivity contribution in [2.24, 2.45) is 29.4 Å². The van der Waals surface area contributed by atoms with E-state index in [2.05, 4.69) is 10.6 Å². The van der Waals surface area contributed by atoms with Crippen molar-refractivity contribution in [1.29, 1.82) is 0 Å². The van der Waals surface area contributed by atoms with Gasteiger partial charge in [0.05, 0.1) is 24.1 Å². The van der Waals surface area contributed by atoms with Crippen LogP contribution in [0.3, 0.4) is 0 Å². The molecule has 0 spiro atoms. The lowest BCUT2D eigenvalue weighted by Crippen LogP contribution is -2.74. The molecule has 6 N–H and O–H groups in total. The molecule has 3 aliphatic rings. The van der Waals surface area contributed by atoms with Gasteiger partial charge in [-0.2, -0.15) is 0 Å². The van der Waals surface area contributed by atoms with E-state index in [1.54, 1.807) is 25.1 Å². The highest BCUT2D eigenvalue weighted by Gasteiger charge is 2.69. The molecule has 3 aliphatic carbocycles. The maximum Gasteiger partial charge on any atom is 0.235 e. The summed E-state index contributed by atoms with van der Waals surface area (Å²) in [5, 5.41) is 28.5. The SMILES string of the molecule is CCNCC(=O)NCc1cc(N(C)C)c2c(c1O)C(=O)C1C(=O)[C@]3(O)C(=O)C(C(N)=O)C(=O)C(N(C)C)[C@@H]3C[C@@H]1C2. The van der Waals surface area contributed by atoms with Gasteiger partial charge in [-0.3, -0.25) is 33.7 Å². The number of aliphatic hydroxyl groups is 1. The summed E-state index contributed by atoms with van der Waals surface area (Å²) in [7, 11) is 6.59. The summed E-state index contributed by atoms with van der Waals surface area (Å²) >= 11 is 0. The fourth-order valence-electron chi connectivity index (χ4n) is 6.74. The Hall–Kier alpha value is -3.68. The van der Waals surface area contributed by atoms with Gasteiger partial charge in [0.1, 0.15) is 5.75 Å². The maximum absolute atomic E-state index is 14.0. The Morgan fingerprint density at radius 1 is 1.12 bits per heavy atom. The highest BCUT2D eigenvalue weighted by atomic mass is 16.3. The number of likely N-dealkylation sites (N-methyl/N-ethyl adjacent to an activating group) is 2. The number of ketones is 4. The van der Waals surface area contributed by atoms with Crippen LogP contribution in [0.15, 0.2) is 6.07 Å². The molecule has 3 unspecified atom stereocenters. The van der Waals surface area contributed by atoms with E-state index in [-0.39, 0.29) is 43.0 Å². The number of amides is 2. The van der Waals surface area contributed by atoms with E-state index in [1.807, 2.05) is 6.92 Å². The molecule has 2 fully saturated rings. The number of Topliss-reactive ketones (excluding diaryl/α,β-unsaturated/α-hetero) is 4. The van der Waals surface area contributed by atoms with Crippen molar-refractivity contribution in [3.8, 4) is 5.75 Å². The summed E-state index contributed by atoms with van der Waals surface area (Å²) in [6.45, 7) is 2.42. The zero-order valence-electron chi connectivity index (χ0n) is 23.8. The van der Waals surface area contributed by atoms with Crippen molar-refractivity contribution >= 4 is 40.6 Å². The van der Waals surface area contributed by atoms with Crippen molar-refractivity contribution in [3.05, 3.63) is 22.8 Å². The number of phenolic OH excluding ortho intramolecular Hbond substituents is 1. The summed E-state index contributed by atoms with van der Waals surface area (Å²) in [6.07, 6.45) is 0.125. The number of carbonyl (C=O) groups is 6. The normalized spacial score (nSPS) is 29.1. The lowest BCUT2D eigenvalue weighted by Gasteiger charge is -2.52.